The van der Waals surface area contributed by atoms with Gasteiger partial charge in [0, 0.05) is 0 Å². The van der Waals surface area contributed by atoms with Crippen molar-refractivity contribution in [2.45, 2.75) is 40.0 Å². The molecule has 0 nitrogen and oxygen atoms in total. The molecule has 1 radical (unpaired) electrons. The average molecular weight is 311 g/mol. The molecule has 0 N–H and O–H groups in total. The number of allylic oxidation sites excluding steroid dienone is 4. The molecule has 0 aromatic heterocycles. The average Bonchev–Trinajstić information content (AvgIpc) is 2.26. The van der Waals surface area contributed by atoms with Gasteiger partial charge in [-0.25, -0.2) is 5.57 Å². The van der Waals surface area contributed by atoms with Gasteiger partial charge in [-0.05, 0) is 0 Å². The molecule has 0 bridgehead atoms. The summed E-state index contributed by atoms with van der Waals surface area (Å²) in [5.74, 6) is 0.557. The van der Waals surface area contributed by atoms with Crippen molar-refractivity contribution in [3.8, 4) is 0 Å². The molecule has 14 heavy (non-hydrogen) atoms. The summed E-state index contributed by atoms with van der Waals surface area (Å²) in [5, 5.41) is 0. The van der Waals surface area contributed by atoms with Crippen molar-refractivity contribution < 1.29 is 51.0 Å². The van der Waals surface area contributed by atoms with E-state index in [4.69, 9.17) is 0 Å². The van der Waals surface area contributed by atoms with Crippen LogP contribution in [-0.2, 0) is 26.2 Å². The summed E-state index contributed by atoms with van der Waals surface area (Å²) < 4.78 is 0. The molecule has 1 aliphatic rings. The van der Waals surface area contributed by atoms with Gasteiger partial charge in [-0.1, -0.05) is 46.0 Å². The van der Waals surface area contributed by atoms with E-state index in [1.165, 1.54) is 30.4 Å². The van der Waals surface area contributed by atoms with Crippen LogP contribution >= 0.6 is 0 Å². The van der Waals surface area contributed by atoms with Crippen LogP contribution in [0, 0.1) is 12.0 Å². The Bertz CT molecular complexity index is 197. The normalized spacial score (nSPS) is 18.4. The van der Waals surface area contributed by atoms with E-state index in [0.717, 1.165) is 0 Å². The summed E-state index contributed by atoms with van der Waals surface area (Å²) in [6.07, 6.45) is 9.60. The maximum atomic E-state index is 3.40. The molecule has 1 unspecified atom stereocenters. The van der Waals surface area contributed by atoms with Gasteiger partial charge in [-0.3, -0.25) is 6.08 Å². The Morgan fingerprint density at radius 2 is 1.93 bits per heavy atom. The molecule has 0 spiro atoms. The molecule has 0 saturated carbocycles. The minimum absolute atomic E-state index is 0. The van der Waals surface area contributed by atoms with E-state index in [1.54, 1.807) is 0 Å². The molecule has 1 atom stereocenters. The first-order valence-electron chi connectivity index (χ1n) is 4.55. The van der Waals surface area contributed by atoms with Crippen LogP contribution in [-0.4, -0.2) is 0 Å². The molecule has 0 aromatic carbocycles. The van der Waals surface area contributed by atoms with Crippen molar-refractivity contribution in [2.24, 2.45) is 5.92 Å². The first kappa shape index (κ1) is 20.4. The summed E-state index contributed by atoms with van der Waals surface area (Å²) in [5.41, 5.74) is 2.91. The molecular weight excluding hydrogens is 294 g/mol. The fraction of sp³-hybridized carbons (Fsp3) is 0.636. The monoisotopic (exact) mass is 309 g/mol. The van der Waals surface area contributed by atoms with Crippen molar-refractivity contribution in [1.82, 2.24) is 0 Å². The Labute approximate surface area is 120 Å². The smallest absolute Gasteiger partial charge is 1.00 e. The Morgan fingerprint density at radius 3 is 2.29 bits per heavy atom. The van der Waals surface area contributed by atoms with E-state index in [2.05, 4.69) is 32.9 Å². The minimum Gasteiger partial charge on any atom is -1.00 e. The predicted molar refractivity (Wildman–Crippen MR) is 49.2 cm³/mol. The first-order chi connectivity index (χ1) is 5.24. The quantitative estimate of drug-likeness (QED) is 0.506. The molecule has 3 heteroatoms. The van der Waals surface area contributed by atoms with Gasteiger partial charge in [0.2, 0.25) is 0 Å². The van der Waals surface area contributed by atoms with Crippen molar-refractivity contribution in [1.29, 1.82) is 0 Å². The van der Waals surface area contributed by atoms with Crippen LogP contribution < -0.4 is 24.8 Å². The Morgan fingerprint density at radius 1 is 1.36 bits per heavy atom. The number of hydrogen-bond acceptors (Lipinski definition) is 0. The van der Waals surface area contributed by atoms with Crippen LogP contribution in [0.3, 0.4) is 0 Å². The molecule has 0 amide bonds. The molecule has 1 aliphatic carbocycles. The van der Waals surface area contributed by atoms with Crippen LogP contribution in [0.5, 0.6) is 0 Å². The van der Waals surface area contributed by atoms with Gasteiger partial charge in [-0.2, -0.15) is 11.6 Å². The number of halogens is 2. The molecule has 0 saturated heterocycles. The van der Waals surface area contributed by atoms with E-state index in [9.17, 15) is 0 Å². The zero-order valence-corrected chi connectivity index (χ0v) is 13.0. The predicted octanol–water partition coefficient (Wildman–Crippen LogP) is -2.49. The maximum absolute atomic E-state index is 3.40. The summed E-state index contributed by atoms with van der Waals surface area (Å²) in [6, 6.07) is 0. The van der Waals surface area contributed by atoms with Crippen LogP contribution in [0.1, 0.15) is 40.0 Å². The molecule has 0 heterocycles. The second-order valence-electron chi connectivity index (χ2n) is 3.35. The van der Waals surface area contributed by atoms with E-state index in [0.29, 0.717) is 5.92 Å². The van der Waals surface area contributed by atoms with Crippen LogP contribution in [0.15, 0.2) is 17.2 Å². The third-order valence-corrected chi connectivity index (χ3v) is 2.18. The minimum atomic E-state index is 0. The summed E-state index contributed by atoms with van der Waals surface area (Å²) >= 11 is 0. The summed E-state index contributed by atoms with van der Waals surface area (Å²) in [7, 11) is 0. The summed E-state index contributed by atoms with van der Waals surface area (Å²) in [4.78, 5) is 0. The number of hydrogen-bond donors (Lipinski definition) is 0. The Hall–Kier alpha value is 0.943. The molecule has 0 aliphatic heterocycles. The largest absolute Gasteiger partial charge is 3.00 e. The van der Waals surface area contributed by atoms with Gasteiger partial charge >= 0.3 is 26.2 Å². The SMILES string of the molecule is CCCCC1=CC(C)[C-]=C1C.[Cl-].[Cl-].[Zr+3]. The van der Waals surface area contributed by atoms with Gasteiger partial charge in [0.15, 0.2) is 0 Å². The van der Waals surface area contributed by atoms with Gasteiger partial charge in [-0.15, -0.1) is 0 Å². The van der Waals surface area contributed by atoms with Crippen LogP contribution in [0.25, 0.3) is 0 Å². The van der Waals surface area contributed by atoms with E-state index in [-0.39, 0.29) is 51.0 Å². The fourth-order valence-corrected chi connectivity index (χ4v) is 1.54. The number of rotatable bonds is 3. The van der Waals surface area contributed by atoms with Crippen LogP contribution in [0.4, 0.5) is 0 Å². The van der Waals surface area contributed by atoms with Crippen molar-refractivity contribution in [3.05, 3.63) is 23.3 Å². The van der Waals surface area contributed by atoms with E-state index >= 15 is 0 Å². The molecular formula is C11H17Cl2Zr. The molecule has 0 aromatic rings. The van der Waals surface area contributed by atoms with Crippen molar-refractivity contribution in [2.75, 3.05) is 0 Å². The second kappa shape index (κ2) is 10.5. The third-order valence-electron chi connectivity index (χ3n) is 2.18. The summed E-state index contributed by atoms with van der Waals surface area (Å²) in [6.45, 7) is 6.61. The van der Waals surface area contributed by atoms with Gasteiger partial charge < -0.3 is 24.8 Å². The zero-order chi connectivity index (χ0) is 8.27. The van der Waals surface area contributed by atoms with E-state index < -0.39 is 0 Å². The Kier molecular flexibility index (Phi) is 15.2. The van der Waals surface area contributed by atoms with E-state index in [1.807, 2.05) is 0 Å². The first-order valence-corrected chi connectivity index (χ1v) is 4.55. The van der Waals surface area contributed by atoms with Gasteiger partial charge in [0.05, 0.1) is 0 Å². The Balaban J connectivity index is -0.000000403. The van der Waals surface area contributed by atoms with Gasteiger partial charge in [0.1, 0.15) is 0 Å². The standard InChI is InChI=1S/C11H17.2ClH.Zr/c1-4-5-6-11-8-9(2)7-10(11)3;;;/h8-9H,4-6H2,1-3H3;2*1H;/q-1;;;+3/p-2. The van der Waals surface area contributed by atoms with Crippen molar-refractivity contribution >= 4 is 0 Å². The zero-order valence-electron chi connectivity index (χ0n) is 9.03. The maximum Gasteiger partial charge on any atom is 3.00 e. The molecule has 1 rings (SSSR count). The molecule has 79 valence electrons. The fourth-order valence-electron chi connectivity index (χ4n) is 1.54. The third kappa shape index (κ3) is 6.43. The van der Waals surface area contributed by atoms with Crippen LogP contribution in [0.2, 0.25) is 0 Å². The molecule has 0 fully saturated rings. The van der Waals surface area contributed by atoms with Crippen molar-refractivity contribution in [3.63, 3.8) is 0 Å². The second-order valence-corrected chi connectivity index (χ2v) is 3.35. The number of unbranched alkanes of at least 4 members (excludes halogenated alkanes) is 1. The van der Waals surface area contributed by atoms with Gasteiger partial charge in [0.25, 0.3) is 0 Å². The topological polar surface area (TPSA) is 0 Å².